The van der Waals surface area contributed by atoms with Crippen LogP contribution in [0.4, 0.5) is 19.1 Å². The zero-order valence-corrected chi connectivity index (χ0v) is 10.1. The zero-order valence-electron chi connectivity index (χ0n) is 10.1. The van der Waals surface area contributed by atoms with Gasteiger partial charge in [-0.05, 0) is 24.3 Å². The van der Waals surface area contributed by atoms with E-state index in [0.29, 0.717) is 16.9 Å². The van der Waals surface area contributed by atoms with E-state index >= 15 is 0 Å². The number of anilines is 1. The van der Waals surface area contributed by atoms with E-state index in [1.165, 1.54) is 10.6 Å². The monoisotopic (exact) mass is 278 g/mol. The molecule has 1 aromatic carbocycles. The molecular weight excluding hydrogens is 269 g/mol. The first-order valence-electron chi connectivity index (χ1n) is 5.74. The van der Waals surface area contributed by atoms with Crippen molar-refractivity contribution in [2.75, 3.05) is 5.73 Å². The Labute approximate surface area is 111 Å². The number of nitrogens with zero attached hydrogens (tertiary/aromatic N) is 3. The molecule has 20 heavy (non-hydrogen) atoms. The Morgan fingerprint density at radius 1 is 1.05 bits per heavy atom. The van der Waals surface area contributed by atoms with Crippen LogP contribution < -0.4 is 5.73 Å². The number of pyridine rings is 1. The van der Waals surface area contributed by atoms with Crippen molar-refractivity contribution in [2.45, 2.75) is 6.18 Å². The van der Waals surface area contributed by atoms with Crippen molar-refractivity contribution in [2.24, 2.45) is 0 Å². The van der Waals surface area contributed by atoms with Gasteiger partial charge in [0.25, 0.3) is 0 Å². The highest BCUT2D eigenvalue weighted by Gasteiger charge is 2.30. The summed E-state index contributed by atoms with van der Waals surface area (Å²) in [6.45, 7) is 0. The zero-order chi connectivity index (χ0) is 14.3. The second-order valence-electron chi connectivity index (χ2n) is 4.23. The van der Waals surface area contributed by atoms with Gasteiger partial charge >= 0.3 is 6.18 Å². The van der Waals surface area contributed by atoms with Crippen LogP contribution >= 0.6 is 0 Å². The lowest BCUT2D eigenvalue weighted by molar-refractivity contribution is -0.137. The second kappa shape index (κ2) is 4.22. The molecule has 0 unspecified atom stereocenters. The molecule has 0 aliphatic rings. The molecule has 4 nitrogen and oxygen atoms in total. The average molecular weight is 278 g/mol. The van der Waals surface area contributed by atoms with Gasteiger partial charge in [-0.2, -0.15) is 18.2 Å². The number of benzene rings is 1. The van der Waals surface area contributed by atoms with Gasteiger partial charge in [-0.25, -0.2) is 4.52 Å². The summed E-state index contributed by atoms with van der Waals surface area (Å²) in [5.41, 5.74) is 6.19. The molecular formula is C13H9F3N4. The van der Waals surface area contributed by atoms with E-state index in [9.17, 15) is 13.2 Å². The molecule has 7 heteroatoms. The number of nitrogen functional groups attached to an aromatic ring is 1. The maximum atomic E-state index is 12.7. The van der Waals surface area contributed by atoms with E-state index in [4.69, 9.17) is 5.73 Å². The van der Waals surface area contributed by atoms with Crippen LogP contribution in [-0.4, -0.2) is 14.6 Å². The number of aromatic nitrogens is 3. The van der Waals surface area contributed by atoms with E-state index in [2.05, 4.69) is 10.1 Å². The predicted molar refractivity (Wildman–Crippen MR) is 67.8 cm³/mol. The lowest BCUT2D eigenvalue weighted by Gasteiger charge is -2.09. The Hall–Kier alpha value is -2.57. The normalized spacial score (nSPS) is 11.9. The van der Waals surface area contributed by atoms with E-state index < -0.39 is 11.7 Å². The summed E-state index contributed by atoms with van der Waals surface area (Å²) in [5, 5.41) is 3.98. The Balaban J connectivity index is 2.21. The molecule has 0 fully saturated rings. The molecule has 0 atom stereocenters. The van der Waals surface area contributed by atoms with Crippen LogP contribution in [0.15, 0.2) is 42.5 Å². The summed E-state index contributed by atoms with van der Waals surface area (Å²) < 4.78 is 39.7. The SMILES string of the molecule is Nc1nc2cccc(-c3cccc(C(F)(F)F)c3)n2n1. The molecule has 102 valence electrons. The molecule has 0 aliphatic carbocycles. The largest absolute Gasteiger partial charge is 0.416 e. The summed E-state index contributed by atoms with van der Waals surface area (Å²) in [6, 6.07) is 10.1. The summed E-state index contributed by atoms with van der Waals surface area (Å²) in [4.78, 5) is 3.98. The molecule has 0 amide bonds. The Kier molecular flexibility index (Phi) is 2.63. The van der Waals surface area contributed by atoms with Crippen molar-refractivity contribution < 1.29 is 13.2 Å². The third-order valence-electron chi connectivity index (χ3n) is 2.86. The summed E-state index contributed by atoms with van der Waals surface area (Å²) in [5.74, 6) is 0.0735. The number of fused-ring (bicyclic) bond motifs is 1. The van der Waals surface area contributed by atoms with E-state index in [0.717, 1.165) is 12.1 Å². The number of hydrogen-bond donors (Lipinski definition) is 1. The van der Waals surface area contributed by atoms with Gasteiger partial charge in [0.2, 0.25) is 5.95 Å². The van der Waals surface area contributed by atoms with Crippen molar-refractivity contribution in [1.29, 1.82) is 0 Å². The lowest BCUT2D eigenvalue weighted by Crippen LogP contribution is -2.05. The van der Waals surface area contributed by atoms with Crippen molar-refractivity contribution in [3.05, 3.63) is 48.0 Å². The topological polar surface area (TPSA) is 56.2 Å². The number of nitrogens with two attached hydrogens (primary N) is 1. The molecule has 3 aromatic rings. The summed E-state index contributed by atoms with van der Waals surface area (Å²) in [6.07, 6.45) is -4.38. The molecule has 2 aromatic heterocycles. The van der Waals surface area contributed by atoms with Crippen LogP contribution in [0, 0.1) is 0 Å². The van der Waals surface area contributed by atoms with Crippen LogP contribution in [0.3, 0.4) is 0 Å². The maximum absolute atomic E-state index is 12.7. The highest BCUT2D eigenvalue weighted by atomic mass is 19.4. The van der Waals surface area contributed by atoms with Gasteiger partial charge in [0.1, 0.15) is 0 Å². The average Bonchev–Trinajstić information content (AvgIpc) is 2.77. The maximum Gasteiger partial charge on any atom is 0.416 e. The fourth-order valence-electron chi connectivity index (χ4n) is 2.00. The second-order valence-corrected chi connectivity index (χ2v) is 4.23. The van der Waals surface area contributed by atoms with Gasteiger partial charge < -0.3 is 5.73 Å². The molecule has 2 heterocycles. The molecule has 0 saturated carbocycles. The van der Waals surface area contributed by atoms with Crippen molar-refractivity contribution >= 4 is 11.6 Å². The molecule has 0 bridgehead atoms. The lowest BCUT2D eigenvalue weighted by atomic mass is 10.1. The van der Waals surface area contributed by atoms with Crippen molar-refractivity contribution in [3.8, 4) is 11.3 Å². The minimum Gasteiger partial charge on any atom is -0.366 e. The highest BCUT2D eigenvalue weighted by molar-refractivity contribution is 5.64. The number of halogens is 3. The fourth-order valence-corrected chi connectivity index (χ4v) is 2.00. The van der Waals surface area contributed by atoms with E-state index in [1.54, 1.807) is 24.3 Å². The number of rotatable bonds is 1. The molecule has 3 rings (SSSR count). The summed E-state index contributed by atoms with van der Waals surface area (Å²) in [7, 11) is 0. The minimum atomic E-state index is -4.38. The van der Waals surface area contributed by atoms with Crippen LogP contribution in [0.5, 0.6) is 0 Å². The molecule has 0 saturated heterocycles. The molecule has 2 N–H and O–H groups in total. The van der Waals surface area contributed by atoms with Crippen LogP contribution in [0.1, 0.15) is 5.56 Å². The van der Waals surface area contributed by atoms with Crippen LogP contribution in [0.25, 0.3) is 16.9 Å². The number of alkyl halides is 3. The van der Waals surface area contributed by atoms with Crippen LogP contribution in [-0.2, 0) is 6.18 Å². The first kappa shape index (κ1) is 12.5. The van der Waals surface area contributed by atoms with Crippen molar-refractivity contribution in [1.82, 2.24) is 14.6 Å². The molecule has 0 spiro atoms. The van der Waals surface area contributed by atoms with Gasteiger partial charge in [-0.15, -0.1) is 5.10 Å². The van der Waals surface area contributed by atoms with E-state index in [-0.39, 0.29) is 5.95 Å². The highest BCUT2D eigenvalue weighted by Crippen LogP contribution is 2.32. The van der Waals surface area contributed by atoms with Gasteiger partial charge in [0.05, 0.1) is 11.3 Å². The first-order chi connectivity index (χ1) is 9.45. The molecule has 0 radical (unpaired) electrons. The fraction of sp³-hybridized carbons (Fsp3) is 0.0769. The Morgan fingerprint density at radius 3 is 2.55 bits per heavy atom. The number of hydrogen-bond acceptors (Lipinski definition) is 3. The van der Waals surface area contributed by atoms with Gasteiger partial charge in [-0.3, -0.25) is 0 Å². The molecule has 0 aliphatic heterocycles. The third kappa shape index (κ3) is 2.07. The minimum absolute atomic E-state index is 0.0735. The van der Waals surface area contributed by atoms with Gasteiger partial charge in [0, 0.05) is 5.56 Å². The van der Waals surface area contributed by atoms with E-state index in [1.807, 2.05) is 0 Å². The smallest absolute Gasteiger partial charge is 0.366 e. The Morgan fingerprint density at radius 2 is 1.80 bits per heavy atom. The predicted octanol–water partition coefficient (Wildman–Crippen LogP) is 3.00. The summed E-state index contributed by atoms with van der Waals surface area (Å²) >= 11 is 0. The van der Waals surface area contributed by atoms with Gasteiger partial charge in [-0.1, -0.05) is 18.2 Å². The van der Waals surface area contributed by atoms with Gasteiger partial charge in [0.15, 0.2) is 5.65 Å². The quantitative estimate of drug-likeness (QED) is 0.744. The van der Waals surface area contributed by atoms with Crippen molar-refractivity contribution in [3.63, 3.8) is 0 Å². The standard InChI is InChI=1S/C13H9F3N4/c14-13(15,16)9-4-1-3-8(7-9)10-5-2-6-11-18-12(17)19-20(10)11/h1-7H,(H2,17,19). The van der Waals surface area contributed by atoms with Crippen LogP contribution in [0.2, 0.25) is 0 Å². The Bertz CT molecular complexity index is 777. The first-order valence-corrected chi connectivity index (χ1v) is 5.74. The third-order valence-corrected chi connectivity index (χ3v) is 2.86.